The summed E-state index contributed by atoms with van der Waals surface area (Å²) in [6, 6.07) is 9.68. The maximum Gasteiger partial charge on any atom is 0.251 e. The van der Waals surface area contributed by atoms with Crippen molar-refractivity contribution >= 4 is 22.9 Å². The lowest BCUT2D eigenvalue weighted by atomic mass is 10.1. The van der Waals surface area contributed by atoms with Crippen LogP contribution in [0.5, 0.6) is 0 Å². The molecule has 0 saturated carbocycles. The number of aromatic nitrogens is 6. The molecule has 1 amide bonds. The van der Waals surface area contributed by atoms with E-state index in [0.29, 0.717) is 29.3 Å². The molecule has 3 aromatic heterocycles. The van der Waals surface area contributed by atoms with Gasteiger partial charge in [-0.1, -0.05) is 30.3 Å². The van der Waals surface area contributed by atoms with Crippen LogP contribution in [-0.2, 0) is 23.1 Å². The highest BCUT2D eigenvalue weighted by Crippen LogP contribution is 2.33. The first-order valence-corrected chi connectivity index (χ1v) is 10.5. The average molecular weight is 468 g/mol. The van der Waals surface area contributed by atoms with E-state index in [9.17, 15) is 15.0 Å². The van der Waals surface area contributed by atoms with Gasteiger partial charge in [0.15, 0.2) is 35.1 Å². The number of ether oxygens (including phenoxy) is 1. The van der Waals surface area contributed by atoms with Crippen LogP contribution in [0.25, 0.3) is 22.6 Å². The summed E-state index contributed by atoms with van der Waals surface area (Å²) in [6.45, 7) is -2.33. The van der Waals surface area contributed by atoms with Crippen LogP contribution in [-0.4, -0.2) is 70.7 Å². The molecule has 34 heavy (non-hydrogen) atoms. The minimum atomic E-state index is -2.78. The zero-order valence-corrected chi connectivity index (χ0v) is 18.0. The van der Waals surface area contributed by atoms with E-state index in [4.69, 9.17) is 8.85 Å². The Kier molecular flexibility index (Phi) is 4.81. The summed E-state index contributed by atoms with van der Waals surface area (Å²) in [5, 5.41) is 30.4. The van der Waals surface area contributed by atoms with Gasteiger partial charge in [-0.05, 0) is 5.56 Å². The molecule has 0 unspecified atom stereocenters. The monoisotopic (exact) mass is 467 g/mol. The summed E-state index contributed by atoms with van der Waals surface area (Å²) in [6.07, 6.45) is -1.45. The number of amides is 1. The lowest BCUT2D eigenvalue weighted by Crippen LogP contribution is -2.41. The van der Waals surface area contributed by atoms with Crippen LogP contribution < -0.4 is 10.6 Å². The fraction of sp³-hybridized carbons (Fsp3) is 0.318. The molecule has 0 aliphatic carbocycles. The molecule has 1 aromatic carbocycles. The number of hydrogen-bond donors (Lipinski definition) is 4. The molecule has 176 valence electrons. The predicted octanol–water partition coefficient (Wildman–Crippen LogP) is 0.204. The number of anilines is 1. The fourth-order valence-corrected chi connectivity index (χ4v) is 3.85. The van der Waals surface area contributed by atoms with E-state index < -0.39 is 37.4 Å². The molecule has 5 rings (SSSR count). The van der Waals surface area contributed by atoms with Crippen molar-refractivity contribution in [3.8, 4) is 11.4 Å². The van der Waals surface area contributed by atoms with Crippen molar-refractivity contribution in [1.29, 1.82) is 0 Å². The van der Waals surface area contributed by atoms with Gasteiger partial charge in [0.1, 0.15) is 12.2 Å². The van der Waals surface area contributed by atoms with Gasteiger partial charge < -0.3 is 25.6 Å². The van der Waals surface area contributed by atoms with E-state index in [-0.39, 0.29) is 5.65 Å². The number of aliphatic hydroxyl groups excluding tert-OH is 2. The largest absolute Gasteiger partial charge is 0.387 e. The first-order chi connectivity index (χ1) is 17.6. The van der Waals surface area contributed by atoms with Crippen LogP contribution in [0.4, 0.5) is 5.82 Å². The summed E-state index contributed by atoms with van der Waals surface area (Å²) in [7, 11) is 1.76. The van der Waals surface area contributed by atoms with Crippen molar-refractivity contribution < 1.29 is 23.9 Å². The molecule has 4 heterocycles. The molecule has 4 aromatic rings. The quantitative estimate of drug-likeness (QED) is 0.312. The minimum absolute atomic E-state index is 0.262. The molecule has 12 nitrogen and oxygen atoms in total. The summed E-state index contributed by atoms with van der Waals surface area (Å²) in [4.78, 5) is 26.0. The van der Waals surface area contributed by atoms with Gasteiger partial charge in [-0.25, -0.2) is 15.0 Å². The van der Waals surface area contributed by atoms with Gasteiger partial charge in [0.2, 0.25) is 0 Å². The number of benzene rings is 1. The highest BCUT2D eigenvalue weighted by molar-refractivity contribution is 5.85. The van der Waals surface area contributed by atoms with Crippen molar-refractivity contribution in [2.24, 2.45) is 7.05 Å². The van der Waals surface area contributed by atoms with Crippen LogP contribution >= 0.6 is 0 Å². The third kappa shape index (κ3) is 3.87. The second-order valence-electron chi connectivity index (χ2n) is 7.88. The number of nitrogens with one attached hydrogen (secondary N) is 2. The number of imidazole rings is 1. The SMILES string of the molecule is [2H]C([2H])([2H])NC(=O)[C@H]1O[C@@H](n2cnc3c(NCc4ccccc4)nc(-c4cnn(C)c4)nc32)[C@H](O)[C@@H]1O. The van der Waals surface area contributed by atoms with E-state index >= 15 is 0 Å². The normalized spacial score (nSPS) is 23.9. The first-order valence-electron chi connectivity index (χ1n) is 12.0. The topological polar surface area (TPSA) is 152 Å². The standard InChI is InChI=1S/C22H24N8O4/c1-23-21(33)17-15(31)16(32)22(34-17)30-11-25-14-19(24-8-12-6-4-3-5-7-12)27-18(28-20(14)30)13-9-26-29(2)10-13/h3-7,9-11,15-17,22,31-32H,8H2,1-2H3,(H,23,33)(H,24,27,28)/t15-,16+,17-,22+/m0/s1/i1D3. The van der Waals surface area contributed by atoms with Gasteiger partial charge in [0.05, 0.1) is 18.1 Å². The summed E-state index contributed by atoms with van der Waals surface area (Å²) >= 11 is 0. The van der Waals surface area contributed by atoms with Gasteiger partial charge in [0.25, 0.3) is 5.91 Å². The zero-order chi connectivity index (χ0) is 26.3. The average Bonchev–Trinajstić information content (AvgIpc) is 3.55. The number of carbonyl (C=O) groups excluding carboxylic acids is 1. The molecule has 1 fully saturated rings. The third-order valence-electron chi connectivity index (χ3n) is 5.58. The molecule has 1 saturated heterocycles. The van der Waals surface area contributed by atoms with E-state index in [1.54, 1.807) is 29.4 Å². The maximum absolute atomic E-state index is 12.4. The van der Waals surface area contributed by atoms with Crippen LogP contribution in [0.15, 0.2) is 49.1 Å². The van der Waals surface area contributed by atoms with E-state index in [1.807, 2.05) is 30.3 Å². The molecule has 4 N–H and O–H groups in total. The molecule has 4 atom stereocenters. The van der Waals surface area contributed by atoms with Gasteiger partial charge >= 0.3 is 0 Å². The Morgan fingerprint density at radius 2 is 2.06 bits per heavy atom. The fourth-order valence-electron chi connectivity index (χ4n) is 3.85. The minimum Gasteiger partial charge on any atom is -0.387 e. The lowest BCUT2D eigenvalue weighted by Gasteiger charge is -2.17. The van der Waals surface area contributed by atoms with Gasteiger partial charge in [-0.3, -0.25) is 14.0 Å². The number of carbonyl (C=O) groups is 1. The highest BCUT2D eigenvalue weighted by Gasteiger charge is 2.47. The van der Waals surface area contributed by atoms with Crippen LogP contribution in [0, 0.1) is 0 Å². The number of fused-ring (bicyclic) bond motifs is 1. The summed E-state index contributed by atoms with van der Waals surface area (Å²) < 4.78 is 30.3. The van der Waals surface area contributed by atoms with E-state index in [0.717, 1.165) is 5.56 Å². The van der Waals surface area contributed by atoms with Gasteiger partial charge in [-0.15, -0.1) is 0 Å². The second-order valence-corrected chi connectivity index (χ2v) is 7.88. The Balaban J connectivity index is 1.52. The number of aliphatic hydroxyl groups is 2. The van der Waals surface area contributed by atoms with Crippen molar-refractivity contribution in [1.82, 2.24) is 34.6 Å². The summed E-state index contributed by atoms with van der Waals surface area (Å²) in [5.41, 5.74) is 2.27. The van der Waals surface area contributed by atoms with Crippen molar-refractivity contribution in [2.75, 3.05) is 12.3 Å². The van der Waals surface area contributed by atoms with Crippen LogP contribution in [0.1, 0.15) is 15.9 Å². The number of likely N-dealkylation sites (N-methyl/N-ethyl adjacent to an activating group) is 1. The second kappa shape index (κ2) is 8.82. The van der Waals surface area contributed by atoms with E-state index in [1.165, 1.54) is 10.9 Å². The molecule has 0 radical (unpaired) electrons. The Morgan fingerprint density at radius 1 is 1.24 bits per heavy atom. The Labute approximate surface area is 198 Å². The highest BCUT2D eigenvalue weighted by atomic mass is 16.6. The zero-order valence-electron chi connectivity index (χ0n) is 21.0. The number of aryl methyl sites for hydroxylation is 1. The molecular weight excluding hydrogens is 440 g/mol. The molecule has 1 aliphatic rings. The van der Waals surface area contributed by atoms with E-state index in [2.05, 4.69) is 25.4 Å². The number of hydrogen-bond acceptors (Lipinski definition) is 9. The van der Waals surface area contributed by atoms with Crippen LogP contribution in [0.3, 0.4) is 0 Å². The number of nitrogens with zero attached hydrogens (tertiary/aromatic N) is 6. The van der Waals surface area contributed by atoms with Crippen molar-refractivity contribution in [3.63, 3.8) is 0 Å². The van der Waals surface area contributed by atoms with Gasteiger partial charge in [-0.2, -0.15) is 5.10 Å². The first kappa shape index (κ1) is 18.5. The van der Waals surface area contributed by atoms with Crippen molar-refractivity contribution in [2.45, 2.75) is 31.1 Å². The summed E-state index contributed by atoms with van der Waals surface area (Å²) in [5.74, 6) is -0.340. The molecule has 12 heteroatoms. The Bertz CT molecular complexity index is 1420. The van der Waals surface area contributed by atoms with Crippen LogP contribution in [0.2, 0.25) is 0 Å². The predicted molar refractivity (Wildman–Crippen MR) is 121 cm³/mol. The molecule has 1 aliphatic heterocycles. The number of rotatable bonds is 6. The molecule has 0 bridgehead atoms. The Hall–Kier alpha value is -3.87. The Morgan fingerprint density at radius 3 is 2.79 bits per heavy atom. The smallest absolute Gasteiger partial charge is 0.251 e. The maximum atomic E-state index is 12.4. The van der Waals surface area contributed by atoms with Gasteiger partial charge in [0, 0.05) is 30.9 Å². The molecule has 0 spiro atoms. The molecular formula is C22H24N8O4. The lowest BCUT2D eigenvalue weighted by molar-refractivity contribution is -0.137. The van der Waals surface area contributed by atoms with Crippen molar-refractivity contribution in [3.05, 3.63) is 54.6 Å². The third-order valence-corrected chi connectivity index (χ3v) is 5.58.